The van der Waals surface area contributed by atoms with E-state index in [2.05, 4.69) is 73.5 Å². The third-order valence-electron chi connectivity index (χ3n) is 13.5. The molecule has 4 saturated heterocycles. The highest BCUT2D eigenvalue weighted by molar-refractivity contribution is 6.90. The minimum atomic E-state index is -2.37. The molecule has 308 valence electrons. The van der Waals surface area contributed by atoms with Gasteiger partial charge in [0.1, 0.15) is 49.6 Å². The van der Waals surface area contributed by atoms with E-state index in [4.69, 9.17) is 9.72 Å². The molecule has 14 heteroatoms. The largest absolute Gasteiger partial charge is 0.508 e. The lowest BCUT2D eigenvalue weighted by Gasteiger charge is -2.40. The van der Waals surface area contributed by atoms with E-state index in [1.807, 2.05) is 4.90 Å². The van der Waals surface area contributed by atoms with E-state index in [0.29, 0.717) is 50.8 Å². The molecule has 3 atom stereocenters. The number of halogens is 4. The average molecular weight is 817 g/mol. The van der Waals surface area contributed by atoms with E-state index in [1.165, 1.54) is 30.3 Å². The zero-order chi connectivity index (χ0) is 41.3. The fourth-order valence-electron chi connectivity index (χ4n) is 10.8. The summed E-state index contributed by atoms with van der Waals surface area (Å²) in [5.41, 5.74) is 2.37. The van der Waals surface area contributed by atoms with Gasteiger partial charge in [0.05, 0.1) is 22.2 Å². The molecule has 0 radical (unpaired) electrons. The van der Waals surface area contributed by atoms with Crippen LogP contribution in [0.25, 0.3) is 32.8 Å². The first kappa shape index (κ1) is 40.2. The van der Waals surface area contributed by atoms with Crippen LogP contribution in [-0.2, 0) is 0 Å². The minimum Gasteiger partial charge on any atom is -0.508 e. The Hall–Kier alpha value is -4.61. The Labute approximate surface area is 337 Å². The molecule has 4 aliphatic rings. The number of rotatable bonds is 8. The van der Waals surface area contributed by atoms with Gasteiger partial charge in [-0.05, 0) is 78.5 Å². The molecule has 8 rings (SSSR count). The number of carbonyl (C=O) groups excluding carboxylic acids is 1. The van der Waals surface area contributed by atoms with Gasteiger partial charge >= 0.3 is 12.0 Å². The van der Waals surface area contributed by atoms with Crippen molar-refractivity contribution in [2.75, 3.05) is 44.2 Å². The fraction of sp³-hybridized carbons (Fsp3) is 0.523. The molecule has 0 aliphatic carbocycles. The summed E-state index contributed by atoms with van der Waals surface area (Å²) >= 11 is 0. The predicted molar refractivity (Wildman–Crippen MR) is 221 cm³/mol. The number of phenolic OH excluding ortho intramolecular Hbond substituents is 1. The molecule has 2 amide bonds. The van der Waals surface area contributed by atoms with Gasteiger partial charge in [-0.1, -0.05) is 53.5 Å². The summed E-state index contributed by atoms with van der Waals surface area (Å²) < 4.78 is 71.6. The highest BCUT2D eigenvalue weighted by Crippen LogP contribution is 2.45. The van der Waals surface area contributed by atoms with Crippen molar-refractivity contribution in [1.82, 2.24) is 25.5 Å². The lowest BCUT2D eigenvalue weighted by Crippen LogP contribution is -2.56. The Morgan fingerprint density at radius 1 is 1.00 bits per heavy atom. The molecule has 1 spiro atoms. The van der Waals surface area contributed by atoms with Gasteiger partial charge in [0.15, 0.2) is 5.82 Å². The number of amides is 2. The number of nitrogens with zero attached hydrogens (tertiary/aromatic N) is 4. The molecule has 1 aromatic heterocycles. The third-order valence-corrected chi connectivity index (χ3v) is 19.8. The molecule has 0 bridgehead atoms. The number of anilines is 1. The molecule has 4 aliphatic heterocycles. The van der Waals surface area contributed by atoms with Crippen molar-refractivity contribution < 1.29 is 32.2 Å². The molecule has 3 N–H and O–H groups in total. The molecule has 1 unspecified atom stereocenters. The zero-order valence-electron chi connectivity index (χ0n) is 34.0. The van der Waals surface area contributed by atoms with Crippen LogP contribution in [-0.4, -0.2) is 90.7 Å². The maximum atomic E-state index is 17.5. The smallest absolute Gasteiger partial charge is 0.319 e. The Kier molecular flexibility index (Phi) is 10.3. The Balaban J connectivity index is 1.32. The maximum Gasteiger partial charge on any atom is 0.319 e. The van der Waals surface area contributed by atoms with Crippen molar-refractivity contribution in [2.45, 2.75) is 108 Å². The number of piperidine rings is 1. The second kappa shape index (κ2) is 14.9. The number of urea groups is 1. The van der Waals surface area contributed by atoms with E-state index in [1.54, 1.807) is 0 Å². The van der Waals surface area contributed by atoms with Crippen LogP contribution >= 0.6 is 0 Å². The summed E-state index contributed by atoms with van der Waals surface area (Å²) in [4.78, 5) is 25.6. The molecule has 58 heavy (non-hydrogen) atoms. The van der Waals surface area contributed by atoms with Gasteiger partial charge in [0.25, 0.3) is 0 Å². The molecule has 3 aromatic carbocycles. The summed E-state index contributed by atoms with van der Waals surface area (Å²) in [6.45, 7) is 15.2. The topological polar surface area (TPSA) is 103 Å². The third kappa shape index (κ3) is 6.71. The second-order valence-electron chi connectivity index (χ2n) is 17.9. The molecule has 4 aromatic rings. The van der Waals surface area contributed by atoms with E-state index in [0.717, 1.165) is 19.4 Å². The Bertz CT molecular complexity index is 2350. The standard InChI is InChI=1S/C44H52F4N6O3Si/c1-25(2)58(26(3)4,27(5)6)16-11-31-34(46)10-9-28-17-30(55)18-32(36(28)31)37-35(47)19-33-39(38(37)48)50-42(57-24-44-13-8-15-54(44)21-29(45)20-44)51-40(33)53-14-7-12-43(23-53)22-49-41(56)52-43/h9-10,17-19,25-27,29,55H,7-8,12-15,20-24H2,1-6H3,(H2,49,52,56)/t29-,43?,44+/m1/s1. The average Bonchev–Trinajstić information content (AvgIpc) is 3.81. The highest BCUT2D eigenvalue weighted by atomic mass is 28.3. The zero-order valence-corrected chi connectivity index (χ0v) is 35.0. The Morgan fingerprint density at radius 3 is 2.45 bits per heavy atom. The summed E-state index contributed by atoms with van der Waals surface area (Å²) in [5.74, 6) is 0.526. The number of hydrogen-bond acceptors (Lipinski definition) is 7. The molecule has 4 fully saturated rings. The van der Waals surface area contributed by atoms with Crippen molar-refractivity contribution in [3.05, 3.63) is 53.3 Å². The van der Waals surface area contributed by atoms with Gasteiger partial charge in [0, 0.05) is 48.9 Å². The SMILES string of the molecule is CC(C)[Si](C#Cc1c(F)ccc2cc(O)cc(-c3c(F)cc4c(N5CCCC6(CNC(=O)N6)C5)nc(OC[C@@]56CCCN5C[C@H](F)C6)nc4c3F)c12)(C(C)C)C(C)C. The Morgan fingerprint density at radius 2 is 1.74 bits per heavy atom. The number of fused-ring (bicyclic) bond motifs is 3. The number of carbonyl (C=O) groups is 1. The lowest BCUT2D eigenvalue weighted by atomic mass is 9.89. The number of aromatic hydroxyl groups is 1. The minimum absolute atomic E-state index is 0.00607. The number of ether oxygens (including phenoxy) is 1. The van der Waals surface area contributed by atoms with Gasteiger partial charge in [-0.2, -0.15) is 9.97 Å². The second-order valence-corrected chi connectivity index (χ2v) is 23.5. The van der Waals surface area contributed by atoms with E-state index in [-0.39, 0.29) is 74.3 Å². The van der Waals surface area contributed by atoms with Gasteiger partial charge in [-0.15, -0.1) is 5.54 Å². The first-order valence-electron chi connectivity index (χ1n) is 20.6. The van der Waals surface area contributed by atoms with Gasteiger partial charge in [0.2, 0.25) is 0 Å². The molecule has 0 saturated carbocycles. The maximum absolute atomic E-state index is 17.5. The molecule has 9 nitrogen and oxygen atoms in total. The van der Waals surface area contributed by atoms with E-state index < -0.39 is 48.3 Å². The fourth-order valence-corrected chi connectivity index (χ4v) is 16.1. The van der Waals surface area contributed by atoms with Crippen LogP contribution in [0.1, 0.15) is 79.2 Å². The number of nitrogens with one attached hydrogen (secondary N) is 2. The molecular formula is C44H52F4N6O3Si. The van der Waals surface area contributed by atoms with Crippen LogP contribution in [0, 0.1) is 28.9 Å². The quantitative estimate of drug-likeness (QED) is 0.0929. The predicted octanol–water partition coefficient (Wildman–Crippen LogP) is 8.75. The summed E-state index contributed by atoms with van der Waals surface area (Å²) in [6.07, 6.45) is 2.32. The monoisotopic (exact) mass is 816 g/mol. The summed E-state index contributed by atoms with van der Waals surface area (Å²) in [7, 11) is -2.37. The number of aromatic nitrogens is 2. The highest BCUT2D eigenvalue weighted by Gasteiger charge is 2.50. The van der Waals surface area contributed by atoms with Crippen LogP contribution in [0.15, 0.2) is 30.3 Å². The van der Waals surface area contributed by atoms with Crippen LogP contribution in [0.2, 0.25) is 16.6 Å². The summed E-state index contributed by atoms with van der Waals surface area (Å²) in [6, 6.07) is 6.16. The summed E-state index contributed by atoms with van der Waals surface area (Å²) in [5, 5.41) is 17.5. The van der Waals surface area contributed by atoms with Crippen LogP contribution in [0.5, 0.6) is 11.8 Å². The van der Waals surface area contributed by atoms with Crippen molar-refractivity contribution in [2.24, 2.45) is 0 Å². The first-order valence-corrected chi connectivity index (χ1v) is 22.8. The van der Waals surface area contributed by atoms with Gasteiger partial charge in [-0.3, -0.25) is 4.90 Å². The number of benzene rings is 3. The molecular weight excluding hydrogens is 765 g/mol. The van der Waals surface area contributed by atoms with Crippen molar-refractivity contribution in [3.8, 4) is 34.4 Å². The van der Waals surface area contributed by atoms with E-state index in [9.17, 15) is 14.3 Å². The number of hydrogen-bond donors (Lipinski definition) is 3. The van der Waals surface area contributed by atoms with Crippen LogP contribution in [0.4, 0.5) is 28.2 Å². The molecule has 5 heterocycles. The van der Waals surface area contributed by atoms with Crippen molar-refractivity contribution in [1.29, 1.82) is 0 Å². The number of alkyl halides is 1. The number of phenols is 1. The van der Waals surface area contributed by atoms with Crippen molar-refractivity contribution >= 4 is 41.6 Å². The van der Waals surface area contributed by atoms with Gasteiger partial charge in [-0.25, -0.2) is 22.4 Å². The van der Waals surface area contributed by atoms with Crippen molar-refractivity contribution in [3.63, 3.8) is 0 Å². The normalized spacial score (nSPS) is 23.6. The van der Waals surface area contributed by atoms with E-state index >= 15 is 13.2 Å². The first-order chi connectivity index (χ1) is 27.6. The van der Waals surface area contributed by atoms with Crippen LogP contribution in [0.3, 0.4) is 0 Å². The van der Waals surface area contributed by atoms with Gasteiger partial charge < -0.3 is 25.4 Å². The lowest BCUT2D eigenvalue weighted by molar-refractivity contribution is 0.107. The van der Waals surface area contributed by atoms with Crippen LogP contribution < -0.4 is 20.3 Å².